The largest absolute Gasteiger partial charge is 0.352 e. The molecular formula is C24H23FN2O2S. The van der Waals surface area contributed by atoms with Crippen LogP contribution in [0.25, 0.3) is 0 Å². The maximum Gasteiger partial charge on any atom is 0.253 e. The molecule has 0 atom stereocenters. The summed E-state index contributed by atoms with van der Waals surface area (Å²) in [6.45, 7) is 0.504. The number of benzene rings is 3. The Balaban J connectivity index is 1.50. The number of thioether (sulfide) groups is 1. The maximum atomic E-state index is 13.7. The fourth-order valence-corrected chi connectivity index (χ4v) is 3.72. The average molecular weight is 423 g/mol. The van der Waals surface area contributed by atoms with Crippen molar-refractivity contribution < 1.29 is 14.0 Å². The summed E-state index contributed by atoms with van der Waals surface area (Å²) in [6.07, 6.45) is 0.730. The van der Waals surface area contributed by atoms with Crippen molar-refractivity contribution in [3.63, 3.8) is 0 Å². The lowest BCUT2D eigenvalue weighted by molar-refractivity contribution is -0.113. The van der Waals surface area contributed by atoms with Crippen LogP contribution in [0.5, 0.6) is 0 Å². The van der Waals surface area contributed by atoms with Crippen LogP contribution in [0.3, 0.4) is 0 Å². The molecule has 3 aromatic rings. The molecule has 0 saturated carbocycles. The van der Waals surface area contributed by atoms with Crippen LogP contribution in [0.1, 0.15) is 21.5 Å². The van der Waals surface area contributed by atoms with E-state index in [1.165, 1.54) is 17.8 Å². The Hall–Kier alpha value is -3.12. The van der Waals surface area contributed by atoms with Gasteiger partial charge in [-0.3, -0.25) is 9.59 Å². The van der Waals surface area contributed by atoms with Gasteiger partial charge in [-0.05, 0) is 35.7 Å². The van der Waals surface area contributed by atoms with E-state index in [0.717, 1.165) is 12.0 Å². The number of para-hydroxylation sites is 1. The van der Waals surface area contributed by atoms with Crippen LogP contribution in [0, 0.1) is 5.82 Å². The van der Waals surface area contributed by atoms with Gasteiger partial charge in [-0.1, -0.05) is 60.7 Å². The van der Waals surface area contributed by atoms with Gasteiger partial charge in [0.1, 0.15) is 5.82 Å². The molecule has 0 fully saturated rings. The molecule has 0 saturated heterocycles. The van der Waals surface area contributed by atoms with Crippen LogP contribution >= 0.6 is 11.8 Å². The third kappa shape index (κ3) is 6.46. The fraction of sp³-hybridized carbons (Fsp3) is 0.167. The van der Waals surface area contributed by atoms with Crippen LogP contribution in [0.15, 0.2) is 78.9 Å². The Bertz CT molecular complexity index is 995. The molecule has 0 bridgehead atoms. The normalized spacial score (nSPS) is 10.4. The molecular weight excluding hydrogens is 399 g/mol. The van der Waals surface area contributed by atoms with Crippen molar-refractivity contribution >= 4 is 29.3 Å². The van der Waals surface area contributed by atoms with Crippen molar-refractivity contribution in [3.8, 4) is 0 Å². The maximum absolute atomic E-state index is 13.7. The first-order chi connectivity index (χ1) is 14.6. The van der Waals surface area contributed by atoms with Crippen molar-refractivity contribution in [2.45, 2.75) is 12.2 Å². The Morgan fingerprint density at radius 1 is 0.867 bits per heavy atom. The van der Waals surface area contributed by atoms with E-state index in [4.69, 9.17) is 0 Å². The van der Waals surface area contributed by atoms with E-state index in [0.29, 0.717) is 29.1 Å². The Kier molecular flexibility index (Phi) is 8.03. The summed E-state index contributed by atoms with van der Waals surface area (Å²) in [6, 6.07) is 23.3. The topological polar surface area (TPSA) is 58.2 Å². The second kappa shape index (κ2) is 11.2. The first-order valence-corrected chi connectivity index (χ1v) is 10.8. The zero-order valence-corrected chi connectivity index (χ0v) is 17.3. The predicted molar refractivity (Wildman–Crippen MR) is 120 cm³/mol. The number of hydrogen-bond acceptors (Lipinski definition) is 3. The molecule has 154 valence electrons. The third-order valence-electron chi connectivity index (χ3n) is 4.44. The number of amides is 2. The standard InChI is InChI=1S/C24H23FN2O2S/c25-21-12-6-4-10-19(21)16-30-17-23(28)27-22-13-7-5-11-20(22)24(29)26-15-14-18-8-2-1-3-9-18/h1-13H,14-17H2,(H,26,29)(H,27,28). The second-order valence-electron chi connectivity index (χ2n) is 6.67. The lowest BCUT2D eigenvalue weighted by atomic mass is 10.1. The Labute approximate surface area is 179 Å². The molecule has 2 amide bonds. The minimum Gasteiger partial charge on any atom is -0.352 e. The van der Waals surface area contributed by atoms with Crippen molar-refractivity contribution in [1.82, 2.24) is 5.32 Å². The van der Waals surface area contributed by atoms with E-state index in [1.807, 2.05) is 30.3 Å². The molecule has 30 heavy (non-hydrogen) atoms. The highest BCUT2D eigenvalue weighted by molar-refractivity contribution is 7.99. The first kappa shape index (κ1) is 21.6. The van der Waals surface area contributed by atoms with E-state index in [-0.39, 0.29) is 23.4 Å². The van der Waals surface area contributed by atoms with Crippen molar-refractivity contribution in [1.29, 1.82) is 0 Å². The van der Waals surface area contributed by atoms with Gasteiger partial charge in [-0.15, -0.1) is 11.8 Å². The SMILES string of the molecule is O=C(CSCc1ccccc1F)Nc1ccccc1C(=O)NCCc1ccccc1. The number of anilines is 1. The number of carbonyl (C=O) groups is 2. The highest BCUT2D eigenvalue weighted by Crippen LogP contribution is 2.18. The summed E-state index contributed by atoms with van der Waals surface area (Å²) in [5.74, 6) is -0.176. The number of nitrogens with one attached hydrogen (secondary N) is 2. The van der Waals surface area contributed by atoms with Crippen LogP contribution in [0.4, 0.5) is 10.1 Å². The van der Waals surface area contributed by atoms with E-state index in [9.17, 15) is 14.0 Å². The van der Waals surface area contributed by atoms with Crippen molar-refractivity contribution in [3.05, 3.63) is 101 Å². The van der Waals surface area contributed by atoms with E-state index < -0.39 is 0 Å². The summed E-state index contributed by atoms with van der Waals surface area (Å²) in [7, 11) is 0. The van der Waals surface area contributed by atoms with E-state index >= 15 is 0 Å². The summed E-state index contributed by atoms with van der Waals surface area (Å²) in [4.78, 5) is 24.9. The van der Waals surface area contributed by atoms with Crippen LogP contribution in [0.2, 0.25) is 0 Å². The summed E-state index contributed by atoms with van der Waals surface area (Å²) in [5.41, 5.74) is 2.59. The van der Waals surface area contributed by atoms with Crippen molar-refractivity contribution in [2.75, 3.05) is 17.6 Å². The van der Waals surface area contributed by atoms with Gasteiger partial charge in [0, 0.05) is 12.3 Å². The van der Waals surface area contributed by atoms with Gasteiger partial charge in [-0.2, -0.15) is 0 Å². The quantitative estimate of drug-likeness (QED) is 0.527. The molecule has 0 heterocycles. The van der Waals surface area contributed by atoms with Gasteiger partial charge in [0.25, 0.3) is 5.91 Å². The second-order valence-corrected chi connectivity index (χ2v) is 7.66. The van der Waals surface area contributed by atoms with Crippen LogP contribution < -0.4 is 10.6 Å². The van der Waals surface area contributed by atoms with E-state index in [1.54, 1.807) is 42.5 Å². The van der Waals surface area contributed by atoms with Gasteiger partial charge >= 0.3 is 0 Å². The van der Waals surface area contributed by atoms with Crippen LogP contribution in [-0.4, -0.2) is 24.1 Å². The Morgan fingerprint density at radius 2 is 1.57 bits per heavy atom. The van der Waals surface area contributed by atoms with Gasteiger partial charge < -0.3 is 10.6 Å². The number of rotatable bonds is 9. The monoisotopic (exact) mass is 422 g/mol. The molecule has 0 aliphatic rings. The predicted octanol–water partition coefficient (Wildman–Crippen LogP) is 4.67. The molecule has 0 aliphatic heterocycles. The molecule has 0 aromatic heterocycles. The zero-order valence-electron chi connectivity index (χ0n) is 16.4. The van der Waals surface area contributed by atoms with Gasteiger partial charge in [0.15, 0.2) is 0 Å². The van der Waals surface area contributed by atoms with Crippen LogP contribution in [-0.2, 0) is 17.0 Å². The lowest BCUT2D eigenvalue weighted by Crippen LogP contribution is -2.27. The zero-order chi connectivity index (χ0) is 21.2. The van der Waals surface area contributed by atoms with Gasteiger partial charge in [-0.25, -0.2) is 4.39 Å². The molecule has 0 radical (unpaired) electrons. The average Bonchev–Trinajstić information content (AvgIpc) is 2.76. The van der Waals surface area contributed by atoms with Crippen molar-refractivity contribution in [2.24, 2.45) is 0 Å². The number of carbonyl (C=O) groups excluding carboxylic acids is 2. The number of halogens is 1. The summed E-state index contributed by atoms with van der Waals surface area (Å²) >= 11 is 1.32. The molecule has 3 rings (SSSR count). The minimum absolute atomic E-state index is 0.165. The van der Waals surface area contributed by atoms with Gasteiger partial charge in [0.05, 0.1) is 17.0 Å². The molecule has 2 N–H and O–H groups in total. The molecule has 6 heteroatoms. The fourth-order valence-electron chi connectivity index (χ4n) is 2.91. The molecule has 0 unspecified atom stereocenters. The smallest absolute Gasteiger partial charge is 0.253 e. The molecule has 4 nitrogen and oxygen atoms in total. The highest BCUT2D eigenvalue weighted by Gasteiger charge is 2.13. The summed E-state index contributed by atoms with van der Waals surface area (Å²) < 4.78 is 13.7. The lowest BCUT2D eigenvalue weighted by Gasteiger charge is -2.11. The minimum atomic E-state index is -0.275. The first-order valence-electron chi connectivity index (χ1n) is 9.65. The van der Waals surface area contributed by atoms with E-state index in [2.05, 4.69) is 10.6 Å². The molecule has 0 spiro atoms. The Morgan fingerprint density at radius 3 is 2.37 bits per heavy atom. The number of hydrogen-bond donors (Lipinski definition) is 2. The summed E-state index contributed by atoms with van der Waals surface area (Å²) in [5, 5.41) is 5.68. The van der Waals surface area contributed by atoms with Gasteiger partial charge in [0.2, 0.25) is 5.91 Å². The molecule has 3 aromatic carbocycles. The third-order valence-corrected chi connectivity index (χ3v) is 5.42. The highest BCUT2D eigenvalue weighted by atomic mass is 32.2. The molecule has 0 aliphatic carbocycles.